The molecule has 100 valence electrons. The molecule has 1 aromatic heterocycles. The lowest BCUT2D eigenvalue weighted by molar-refractivity contribution is -0.137. The molecule has 0 aliphatic carbocycles. The minimum Gasteiger partial charge on any atom is -0.474 e. The highest BCUT2D eigenvalue weighted by molar-refractivity contribution is 5.20. The Balaban J connectivity index is 2.02. The van der Waals surface area contributed by atoms with Crippen molar-refractivity contribution in [3.8, 4) is 5.88 Å². The second-order valence-electron chi connectivity index (χ2n) is 4.51. The van der Waals surface area contributed by atoms with E-state index in [1.54, 1.807) is 0 Å². The fourth-order valence-electron chi connectivity index (χ4n) is 1.94. The summed E-state index contributed by atoms with van der Waals surface area (Å²) in [5, 5.41) is 3.23. The summed E-state index contributed by atoms with van der Waals surface area (Å²) in [4.78, 5) is 3.71. The van der Waals surface area contributed by atoms with Crippen LogP contribution in [0.1, 0.15) is 18.9 Å². The van der Waals surface area contributed by atoms with Crippen molar-refractivity contribution in [3.05, 3.63) is 23.9 Å². The fraction of sp³-hybridized carbons (Fsp3) is 0.583. The van der Waals surface area contributed by atoms with Gasteiger partial charge < -0.3 is 10.1 Å². The van der Waals surface area contributed by atoms with Gasteiger partial charge in [0.1, 0.15) is 6.10 Å². The van der Waals surface area contributed by atoms with Gasteiger partial charge in [0, 0.05) is 24.7 Å². The van der Waals surface area contributed by atoms with Crippen molar-refractivity contribution >= 4 is 0 Å². The molecule has 0 bridgehead atoms. The van der Waals surface area contributed by atoms with Crippen LogP contribution in [0.15, 0.2) is 18.3 Å². The number of nitrogens with one attached hydrogen (secondary N) is 1. The highest BCUT2D eigenvalue weighted by Gasteiger charge is 2.31. The molecule has 1 fully saturated rings. The quantitative estimate of drug-likeness (QED) is 0.887. The maximum absolute atomic E-state index is 12.4. The summed E-state index contributed by atoms with van der Waals surface area (Å²) in [6.07, 6.45) is -2.70. The van der Waals surface area contributed by atoms with E-state index < -0.39 is 11.7 Å². The standard InChI is InChI=1S/C12H15F3N2O/c1-8-6-16-5-4-10(8)18-11-3-2-9(7-17-11)12(13,14)15/h2-3,7-8,10,16H,4-6H2,1H3/t8-,10+/m1/s1. The number of pyridine rings is 1. The van der Waals surface area contributed by atoms with Gasteiger partial charge in [-0.25, -0.2) is 4.98 Å². The Hall–Kier alpha value is -1.30. The van der Waals surface area contributed by atoms with E-state index in [4.69, 9.17) is 4.74 Å². The van der Waals surface area contributed by atoms with Crippen LogP contribution in [0.25, 0.3) is 0 Å². The molecule has 1 aliphatic heterocycles. The number of ether oxygens (including phenoxy) is 1. The molecule has 1 aliphatic rings. The third-order valence-corrected chi connectivity index (χ3v) is 3.04. The summed E-state index contributed by atoms with van der Waals surface area (Å²) >= 11 is 0. The summed E-state index contributed by atoms with van der Waals surface area (Å²) in [5.74, 6) is 0.574. The Bertz CT molecular complexity index is 391. The second-order valence-corrected chi connectivity index (χ2v) is 4.51. The third kappa shape index (κ3) is 3.13. The molecule has 2 rings (SSSR count). The van der Waals surface area contributed by atoms with Crippen LogP contribution < -0.4 is 10.1 Å². The summed E-state index contributed by atoms with van der Waals surface area (Å²) in [7, 11) is 0. The minimum atomic E-state index is -4.35. The highest BCUT2D eigenvalue weighted by atomic mass is 19.4. The lowest BCUT2D eigenvalue weighted by atomic mass is 9.98. The van der Waals surface area contributed by atoms with Crippen molar-refractivity contribution in [2.24, 2.45) is 5.92 Å². The number of nitrogens with zero attached hydrogens (tertiary/aromatic N) is 1. The minimum absolute atomic E-state index is 0.00971. The number of aromatic nitrogens is 1. The zero-order valence-electron chi connectivity index (χ0n) is 10.00. The Morgan fingerprint density at radius 2 is 2.17 bits per heavy atom. The number of halogens is 3. The zero-order chi connectivity index (χ0) is 13.2. The molecule has 0 amide bonds. The van der Waals surface area contributed by atoms with E-state index in [0.717, 1.165) is 31.8 Å². The third-order valence-electron chi connectivity index (χ3n) is 3.04. The molecule has 3 nitrogen and oxygen atoms in total. The predicted octanol–water partition coefficient (Wildman–Crippen LogP) is 2.48. The maximum atomic E-state index is 12.4. The molecule has 0 spiro atoms. The van der Waals surface area contributed by atoms with Crippen molar-refractivity contribution in [2.75, 3.05) is 13.1 Å². The highest BCUT2D eigenvalue weighted by Crippen LogP contribution is 2.29. The maximum Gasteiger partial charge on any atom is 0.417 e. The van der Waals surface area contributed by atoms with Crippen LogP contribution in [-0.4, -0.2) is 24.2 Å². The summed E-state index contributed by atoms with van der Waals surface area (Å²) < 4.78 is 42.7. The van der Waals surface area contributed by atoms with Gasteiger partial charge in [-0.1, -0.05) is 6.92 Å². The van der Waals surface area contributed by atoms with Gasteiger partial charge >= 0.3 is 6.18 Å². The monoisotopic (exact) mass is 260 g/mol. The lowest BCUT2D eigenvalue weighted by Crippen LogP contribution is -2.41. The van der Waals surface area contributed by atoms with Crippen LogP contribution in [0.5, 0.6) is 5.88 Å². The van der Waals surface area contributed by atoms with Gasteiger partial charge in [-0.05, 0) is 19.0 Å². The van der Waals surface area contributed by atoms with E-state index in [0.29, 0.717) is 5.92 Å². The largest absolute Gasteiger partial charge is 0.474 e. The van der Waals surface area contributed by atoms with E-state index in [9.17, 15) is 13.2 Å². The number of hydrogen-bond acceptors (Lipinski definition) is 3. The average molecular weight is 260 g/mol. The first-order chi connectivity index (χ1) is 8.47. The number of alkyl halides is 3. The summed E-state index contributed by atoms with van der Waals surface area (Å²) in [6, 6.07) is 2.27. The molecule has 2 atom stereocenters. The van der Waals surface area contributed by atoms with Gasteiger partial charge in [-0.3, -0.25) is 0 Å². The first kappa shape index (κ1) is 13.1. The number of piperidine rings is 1. The summed E-state index contributed by atoms with van der Waals surface area (Å²) in [5.41, 5.74) is -0.756. The predicted molar refractivity (Wildman–Crippen MR) is 60.3 cm³/mol. The van der Waals surface area contributed by atoms with Crippen LogP contribution in [0.4, 0.5) is 13.2 Å². The van der Waals surface area contributed by atoms with Gasteiger partial charge in [0.2, 0.25) is 5.88 Å². The smallest absolute Gasteiger partial charge is 0.417 e. The Morgan fingerprint density at radius 1 is 1.39 bits per heavy atom. The molecular weight excluding hydrogens is 245 g/mol. The second kappa shape index (κ2) is 5.14. The molecular formula is C12H15F3N2O. The Labute approximate surface area is 103 Å². The van der Waals surface area contributed by atoms with Crippen molar-refractivity contribution in [1.29, 1.82) is 0 Å². The van der Waals surface area contributed by atoms with Crippen LogP contribution in [0, 0.1) is 5.92 Å². The van der Waals surface area contributed by atoms with Gasteiger partial charge in [0.15, 0.2) is 0 Å². The van der Waals surface area contributed by atoms with Crippen molar-refractivity contribution in [3.63, 3.8) is 0 Å². The number of hydrogen-bond donors (Lipinski definition) is 1. The molecule has 0 unspecified atom stereocenters. The molecule has 6 heteroatoms. The van der Waals surface area contributed by atoms with Crippen molar-refractivity contribution in [1.82, 2.24) is 10.3 Å². The van der Waals surface area contributed by atoms with Gasteiger partial charge in [-0.2, -0.15) is 13.2 Å². The molecule has 0 radical (unpaired) electrons. The van der Waals surface area contributed by atoms with Crippen LogP contribution in [0.2, 0.25) is 0 Å². The van der Waals surface area contributed by atoms with Gasteiger partial charge in [0.05, 0.1) is 5.56 Å². The number of rotatable bonds is 2. The van der Waals surface area contributed by atoms with Crippen LogP contribution in [0.3, 0.4) is 0 Å². The Kier molecular flexibility index (Phi) is 3.75. The van der Waals surface area contributed by atoms with E-state index >= 15 is 0 Å². The molecule has 1 aromatic rings. The molecule has 0 aromatic carbocycles. The molecule has 0 saturated carbocycles. The zero-order valence-corrected chi connectivity index (χ0v) is 10.00. The van der Waals surface area contributed by atoms with Crippen LogP contribution in [-0.2, 0) is 6.18 Å². The molecule has 1 N–H and O–H groups in total. The molecule has 1 saturated heterocycles. The van der Waals surface area contributed by atoms with E-state index in [-0.39, 0.29) is 12.0 Å². The first-order valence-corrected chi connectivity index (χ1v) is 5.87. The van der Waals surface area contributed by atoms with Crippen LogP contribution >= 0.6 is 0 Å². The lowest BCUT2D eigenvalue weighted by Gasteiger charge is -2.29. The topological polar surface area (TPSA) is 34.1 Å². The fourth-order valence-corrected chi connectivity index (χ4v) is 1.94. The van der Waals surface area contributed by atoms with E-state index in [1.807, 2.05) is 6.92 Å². The van der Waals surface area contributed by atoms with E-state index in [1.165, 1.54) is 6.07 Å². The van der Waals surface area contributed by atoms with Crippen molar-refractivity contribution < 1.29 is 17.9 Å². The SMILES string of the molecule is C[C@@H]1CNCC[C@@H]1Oc1ccc(C(F)(F)F)cn1. The van der Waals surface area contributed by atoms with Crippen molar-refractivity contribution in [2.45, 2.75) is 25.6 Å². The summed E-state index contributed by atoms with van der Waals surface area (Å²) in [6.45, 7) is 3.75. The van der Waals surface area contributed by atoms with Gasteiger partial charge in [0.25, 0.3) is 0 Å². The Morgan fingerprint density at radius 3 is 2.72 bits per heavy atom. The van der Waals surface area contributed by atoms with E-state index in [2.05, 4.69) is 10.3 Å². The average Bonchev–Trinajstić information content (AvgIpc) is 2.32. The molecule has 2 heterocycles. The van der Waals surface area contributed by atoms with Gasteiger partial charge in [-0.15, -0.1) is 0 Å². The molecule has 18 heavy (non-hydrogen) atoms. The first-order valence-electron chi connectivity index (χ1n) is 5.87. The normalized spacial score (nSPS) is 24.9.